The van der Waals surface area contributed by atoms with Crippen molar-refractivity contribution < 1.29 is 0 Å². The molecule has 0 bridgehead atoms. The minimum atomic E-state index is -0.107. The lowest BCUT2D eigenvalue weighted by Crippen LogP contribution is -2.14. The molecule has 0 aliphatic rings. The Labute approximate surface area is 94.9 Å². The average molecular weight is 300 g/mol. The molecule has 4 heteroatoms. The smallest absolute Gasteiger partial charge is 0.312 e. The van der Waals surface area contributed by atoms with Gasteiger partial charge in [-0.15, -0.1) is 0 Å². The van der Waals surface area contributed by atoms with Gasteiger partial charge in [-0.05, 0) is 47.2 Å². The van der Waals surface area contributed by atoms with Crippen LogP contribution < -0.4 is 5.69 Å². The highest BCUT2D eigenvalue weighted by molar-refractivity contribution is 14.1. The second-order valence-electron chi connectivity index (χ2n) is 3.07. The first-order valence-corrected chi connectivity index (χ1v) is 5.29. The predicted octanol–water partition coefficient (Wildman–Crippen LogP) is 2.08. The third-order valence-electron chi connectivity index (χ3n) is 2.08. The molecule has 0 aliphatic carbocycles. The first-order valence-electron chi connectivity index (χ1n) is 4.21. The van der Waals surface area contributed by atoms with Crippen molar-refractivity contribution in [2.24, 2.45) is 0 Å². The van der Waals surface area contributed by atoms with Crippen molar-refractivity contribution in [3.63, 3.8) is 0 Å². The highest BCUT2D eigenvalue weighted by Crippen LogP contribution is 2.15. The first kappa shape index (κ1) is 9.51. The number of hydrogen-bond acceptors (Lipinski definition) is 1. The lowest BCUT2D eigenvalue weighted by atomic mass is 10.2. The largest absolute Gasteiger partial charge is 0.330 e. The molecule has 3 nitrogen and oxygen atoms in total. The maximum atomic E-state index is 11.3. The second kappa shape index (κ2) is 3.61. The van der Waals surface area contributed by atoms with Gasteiger partial charge < -0.3 is 4.98 Å². The molecule has 0 atom stereocenters. The number of benzene rings is 1. The fourth-order valence-electron chi connectivity index (χ4n) is 1.26. The van der Waals surface area contributed by atoms with E-state index >= 15 is 0 Å². The van der Waals surface area contributed by atoms with Crippen LogP contribution in [0.2, 0.25) is 0 Å². The number of halogens is 1. The predicted molar refractivity (Wildman–Crippen MR) is 63.8 cm³/mol. The highest BCUT2D eigenvalue weighted by Gasteiger charge is 2.01. The van der Waals surface area contributed by atoms with Crippen LogP contribution in [0.5, 0.6) is 0 Å². The number of H-pyrrole nitrogens is 1. The zero-order valence-corrected chi connectivity index (χ0v) is 9.78. The lowest BCUT2D eigenvalue weighted by Gasteiger charge is -2.03. The van der Waals surface area contributed by atoms with Gasteiger partial charge in [0.2, 0.25) is 0 Å². The maximum Gasteiger partial charge on any atom is 0.330 e. The Kier molecular flexibility index (Phi) is 2.45. The van der Waals surface area contributed by atoms with Crippen molar-refractivity contribution in [3.05, 3.63) is 50.2 Å². The summed E-state index contributed by atoms with van der Waals surface area (Å²) in [5.41, 5.74) is 2.01. The SMILES string of the molecule is Cc1ccc(-n2cc[nH]c2=O)cc1I. The number of imidazole rings is 1. The number of rotatable bonds is 1. The normalized spacial score (nSPS) is 10.4. The molecule has 0 saturated heterocycles. The van der Waals surface area contributed by atoms with E-state index in [1.54, 1.807) is 17.0 Å². The lowest BCUT2D eigenvalue weighted by molar-refractivity contribution is 0.984. The summed E-state index contributed by atoms with van der Waals surface area (Å²) in [7, 11) is 0. The summed E-state index contributed by atoms with van der Waals surface area (Å²) in [6.07, 6.45) is 3.36. The number of nitrogens with zero attached hydrogens (tertiary/aromatic N) is 1. The quantitative estimate of drug-likeness (QED) is 0.805. The molecule has 1 aromatic heterocycles. The molecule has 1 N–H and O–H groups in total. The van der Waals surface area contributed by atoms with Crippen LogP contribution in [0, 0.1) is 10.5 Å². The fraction of sp³-hybridized carbons (Fsp3) is 0.100. The average Bonchev–Trinajstić information content (AvgIpc) is 2.57. The van der Waals surface area contributed by atoms with E-state index in [4.69, 9.17) is 0 Å². The Hall–Kier alpha value is -1.04. The van der Waals surface area contributed by atoms with Gasteiger partial charge in [-0.2, -0.15) is 0 Å². The molecular weight excluding hydrogens is 291 g/mol. The molecule has 72 valence electrons. The van der Waals surface area contributed by atoms with E-state index in [-0.39, 0.29) is 5.69 Å². The van der Waals surface area contributed by atoms with Crippen molar-refractivity contribution in [1.82, 2.24) is 9.55 Å². The zero-order valence-electron chi connectivity index (χ0n) is 7.62. The van der Waals surface area contributed by atoms with Crippen LogP contribution >= 0.6 is 22.6 Å². The molecule has 1 heterocycles. The van der Waals surface area contributed by atoms with Crippen LogP contribution in [0.25, 0.3) is 5.69 Å². The second-order valence-corrected chi connectivity index (χ2v) is 4.23. The molecule has 0 amide bonds. The molecule has 0 saturated carbocycles. The maximum absolute atomic E-state index is 11.3. The minimum Gasteiger partial charge on any atom is -0.312 e. The van der Waals surface area contributed by atoms with Crippen molar-refractivity contribution >= 4 is 22.6 Å². The Balaban J connectivity index is 2.59. The van der Waals surface area contributed by atoms with Crippen LogP contribution in [0.1, 0.15) is 5.56 Å². The van der Waals surface area contributed by atoms with Gasteiger partial charge in [-0.25, -0.2) is 4.79 Å². The van der Waals surface area contributed by atoms with E-state index in [0.29, 0.717) is 0 Å². The van der Waals surface area contributed by atoms with E-state index in [1.165, 1.54) is 5.56 Å². The fourth-order valence-corrected chi connectivity index (χ4v) is 1.75. The molecule has 0 aliphatic heterocycles. The molecule has 0 fully saturated rings. The number of aryl methyl sites for hydroxylation is 1. The van der Waals surface area contributed by atoms with Crippen LogP contribution in [-0.4, -0.2) is 9.55 Å². The Bertz CT molecular complexity index is 513. The molecule has 0 unspecified atom stereocenters. The Morgan fingerprint density at radius 1 is 1.43 bits per heavy atom. The van der Waals surface area contributed by atoms with Gasteiger partial charge in [0, 0.05) is 16.0 Å². The zero-order chi connectivity index (χ0) is 10.1. The van der Waals surface area contributed by atoms with Crippen LogP contribution in [0.3, 0.4) is 0 Å². The van der Waals surface area contributed by atoms with Crippen LogP contribution in [-0.2, 0) is 0 Å². The van der Waals surface area contributed by atoms with Gasteiger partial charge in [0.1, 0.15) is 0 Å². The molecular formula is C10H9IN2O. The van der Waals surface area contributed by atoms with E-state index < -0.39 is 0 Å². The van der Waals surface area contributed by atoms with E-state index in [0.717, 1.165) is 9.26 Å². The summed E-state index contributed by atoms with van der Waals surface area (Å²) in [6.45, 7) is 2.05. The Morgan fingerprint density at radius 3 is 2.79 bits per heavy atom. The van der Waals surface area contributed by atoms with Crippen molar-refractivity contribution in [2.75, 3.05) is 0 Å². The van der Waals surface area contributed by atoms with E-state index in [9.17, 15) is 4.79 Å². The number of nitrogens with one attached hydrogen (secondary N) is 1. The van der Waals surface area contributed by atoms with Gasteiger partial charge in [0.15, 0.2) is 0 Å². The topological polar surface area (TPSA) is 37.8 Å². The third-order valence-corrected chi connectivity index (χ3v) is 3.24. The number of aromatic nitrogens is 2. The summed E-state index contributed by atoms with van der Waals surface area (Å²) >= 11 is 2.26. The van der Waals surface area contributed by atoms with Crippen LogP contribution in [0.4, 0.5) is 0 Å². The van der Waals surface area contributed by atoms with Crippen LogP contribution in [0.15, 0.2) is 35.4 Å². The molecule has 1 aromatic carbocycles. The van der Waals surface area contributed by atoms with Crippen molar-refractivity contribution in [3.8, 4) is 5.69 Å². The number of aromatic amines is 1. The highest BCUT2D eigenvalue weighted by atomic mass is 127. The van der Waals surface area contributed by atoms with Gasteiger partial charge in [0.25, 0.3) is 0 Å². The standard InChI is InChI=1S/C10H9IN2O/c1-7-2-3-8(6-9(7)11)13-5-4-12-10(13)14/h2-6H,1H3,(H,12,14). The minimum absolute atomic E-state index is 0.107. The van der Waals surface area contributed by atoms with Gasteiger partial charge in [0.05, 0.1) is 5.69 Å². The summed E-state index contributed by atoms with van der Waals surface area (Å²) in [5, 5.41) is 0. The summed E-state index contributed by atoms with van der Waals surface area (Å²) in [4.78, 5) is 13.9. The summed E-state index contributed by atoms with van der Waals surface area (Å²) in [6, 6.07) is 5.94. The molecule has 0 radical (unpaired) electrons. The summed E-state index contributed by atoms with van der Waals surface area (Å²) in [5.74, 6) is 0. The van der Waals surface area contributed by atoms with Gasteiger partial charge >= 0.3 is 5.69 Å². The third kappa shape index (κ3) is 1.61. The Morgan fingerprint density at radius 2 is 2.21 bits per heavy atom. The van der Waals surface area contributed by atoms with E-state index in [1.807, 2.05) is 25.1 Å². The summed E-state index contributed by atoms with van der Waals surface area (Å²) < 4.78 is 2.75. The molecule has 2 aromatic rings. The molecule has 14 heavy (non-hydrogen) atoms. The van der Waals surface area contributed by atoms with Gasteiger partial charge in [-0.3, -0.25) is 4.57 Å². The van der Waals surface area contributed by atoms with Gasteiger partial charge in [-0.1, -0.05) is 6.07 Å². The first-order chi connectivity index (χ1) is 6.68. The van der Waals surface area contributed by atoms with E-state index in [2.05, 4.69) is 27.6 Å². The molecule has 0 spiro atoms. The number of hydrogen-bond donors (Lipinski definition) is 1. The monoisotopic (exact) mass is 300 g/mol. The molecule has 2 rings (SSSR count). The van der Waals surface area contributed by atoms with Crippen molar-refractivity contribution in [2.45, 2.75) is 6.92 Å². The van der Waals surface area contributed by atoms with Crippen molar-refractivity contribution in [1.29, 1.82) is 0 Å².